The average molecular weight is 227 g/mol. The molecular formula is C13H19ClO. The lowest BCUT2D eigenvalue weighted by Crippen LogP contribution is -2.08. The highest BCUT2D eigenvalue weighted by Crippen LogP contribution is 2.31. The Morgan fingerprint density at radius 2 is 1.93 bits per heavy atom. The normalized spacial score (nSPS) is 12.9. The van der Waals surface area contributed by atoms with E-state index in [4.69, 9.17) is 16.3 Å². The van der Waals surface area contributed by atoms with Crippen LogP contribution in [-0.2, 0) is 0 Å². The van der Waals surface area contributed by atoms with Gasteiger partial charge in [0.05, 0.1) is 6.10 Å². The summed E-state index contributed by atoms with van der Waals surface area (Å²) in [4.78, 5) is 0. The van der Waals surface area contributed by atoms with Crippen LogP contribution in [0.4, 0.5) is 0 Å². The van der Waals surface area contributed by atoms with Crippen molar-refractivity contribution in [1.29, 1.82) is 0 Å². The summed E-state index contributed by atoms with van der Waals surface area (Å²) in [6, 6.07) is 5.90. The van der Waals surface area contributed by atoms with Gasteiger partial charge in [0.1, 0.15) is 5.75 Å². The Balaban J connectivity index is 3.02. The summed E-state index contributed by atoms with van der Waals surface area (Å²) >= 11 is 5.97. The average Bonchev–Trinajstić information content (AvgIpc) is 2.16. The second kappa shape index (κ2) is 5.41. The van der Waals surface area contributed by atoms with Crippen LogP contribution in [0.1, 0.15) is 45.6 Å². The van der Waals surface area contributed by atoms with Gasteiger partial charge in [-0.2, -0.15) is 0 Å². The minimum Gasteiger partial charge on any atom is -0.491 e. The van der Waals surface area contributed by atoms with Gasteiger partial charge in [-0.05, 0) is 43.9 Å². The van der Waals surface area contributed by atoms with E-state index in [0.717, 1.165) is 17.2 Å². The van der Waals surface area contributed by atoms with Crippen LogP contribution in [-0.4, -0.2) is 6.10 Å². The topological polar surface area (TPSA) is 9.23 Å². The number of hydrogen-bond donors (Lipinski definition) is 0. The molecule has 0 aromatic heterocycles. The predicted octanol–water partition coefficient (Wildman–Crippen LogP) is 4.64. The number of hydrogen-bond acceptors (Lipinski definition) is 1. The van der Waals surface area contributed by atoms with Crippen LogP contribution in [0.5, 0.6) is 5.75 Å². The molecular weight excluding hydrogens is 208 g/mol. The Morgan fingerprint density at radius 1 is 1.27 bits per heavy atom. The summed E-state index contributed by atoms with van der Waals surface area (Å²) in [5.74, 6) is 1.43. The lowest BCUT2D eigenvalue weighted by molar-refractivity contribution is 0.239. The van der Waals surface area contributed by atoms with E-state index >= 15 is 0 Å². The van der Waals surface area contributed by atoms with E-state index in [9.17, 15) is 0 Å². The second-order valence-corrected chi connectivity index (χ2v) is 4.59. The van der Waals surface area contributed by atoms with Crippen molar-refractivity contribution >= 4 is 11.6 Å². The molecule has 1 rings (SSSR count). The summed E-state index contributed by atoms with van der Waals surface area (Å²) in [6.07, 6.45) is 1.29. The van der Waals surface area contributed by atoms with Gasteiger partial charge in [-0.3, -0.25) is 0 Å². The number of ether oxygens (including phenoxy) is 1. The van der Waals surface area contributed by atoms with Crippen molar-refractivity contribution in [2.45, 2.75) is 46.1 Å². The summed E-state index contributed by atoms with van der Waals surface area (Å²) in [5, 5.41) is 0.734. The van der Waals surface area contributed by atoms with Crippen molar-refractivity contribution in [2.24, 2.45) is 0 Å². The Labute approximate surface area is 97.4 Å². The maximum Gasteiger partial charge on any atom is 0.124 e. The van der Waals surface area contributed by atoms with E-state index in [2.05, 4.69) is 19.9 Å². The largest absolute Gasteiger partial charge is 0.491 e. The lowest BCUT2D eigenvalue weighted by Gasteiger charge is -2.18. The monoisotopic (exact) mass is 226 g/mol. The van der Waals surface area contributed by atoms with Gasteiger partial charge in [-0.15, -0.1) is 0 Å². The highest BCUT2D eigenvalue weighted by molar-refractivity contribution is 6.30. The lowest BCUT2D eigenvalue weighted by atomic mass is 9.98. The maximum atomic E-state index is 5.97. The molecule has 0 saturated carbocycles. The number of halogens is 1. The molecule has 0 fully saturated rings. The summed E-state index contributed by atoms with van der Waals surface area (Å²) in [7, 11) is 0. The van der Waals surface area contributed by atoms with Crippen LogP contribution >= 0.6 is 11.6 Å². The second-order valence-electron chi connectivity index (χ2n) is 4.16. The van der Waals surface area contributed by atoms with E-state index in [1.807, 2.05) is 26.0 Å². The van der Waals surface area contributed by atoms with Gasteiger partial charge in [-0.1, -0.05) is 31.5 Å². The molecule has 0 heterocycles. The molecule has 1 aromatic rings. The zero-order valence-corrected chi connectivity index (χ0v) is 10.6. The maximum absolute atomic E-state index is 5.97. The molecule has 2 heteroatoms. The highest BCUT2D eigenvalue weighted by atomic mass is 35.5. The fourth-order valence-corrected chi connectivity index (χ4v) is 1.65. The van der Waals surface area contributed by atoms with Crippen LogP contribution in [0.25, 0.3) is 0 Å². The standard InChI is InChI=1S/C13H19ClO/c1-5-10(4)12-7-6-11(14)8-13(12)15-9(2)3/h6-10H,5H2,1-4H3. The van der Waals surface area contributed by atoms with Gasteiger partial charge < -0.3 is 4.74 Å². The first-order chi connectivity index (χ1) is 7.04. The quantitative estimate of drug-likeness (QED) is 0.727. The minimum absolute atomic E-state index is 0.186. The zero-order chi connectivity index (χ0) is 11.4. The van der Waals surface area contributed by atoms with Crippen molar-refractivity contribution in [1.82, 2.24) is 0 Å². The number of rotatable bonds is 4. The van der Waals surface area contributed by atoms with Gasteiger partial charge in [0, 0.05) is 5.02 Å². The fraction of sp³-hybridized carbons (Fsp3) is 0.538. The van der Waals surface area contributed by atoms with Crippen LogP contribution < -0.4 is 4.74 Å². The first-order valence-electron chi connectivity index (χ1n) is 5.50. The molecule has 1 aromatic carbocycles. The summed E-state index contributed by atoms with van der Waals surface area (Å²) in [5.41, 5.74) is 1.25. The molecule has 1 nitrogen and oxygen atoms in total. The Kier molecular flexibility index (Phi) is 4.46. The predicted molar refractivity (Wildman–Crippen MR) is 65.9 cm³/mol. The summed E-state index contributed by atoms with van der Waals surface area (Å²) in [6.45, 7) is 8.44. The third kappa shape index (κ3) is 3.42. The molecule has 84 valence electrons. The molecule has 0 N–H and O–H groups in total. The molecule has 0 aliphatic rings. The van der Waals surface area contributed by atoms with Gasteiger partial charge in [0.25, 0.3) is 0 Å². The van der Waals surface area contributed by atoms with E-state index in [-0.39, 0.29) is 6.10 Å². The Hall–Kier alpha value is -0.690. The molecule has 0 radical (unpaired) electrons. The van der Waals surface area contributed by atoms with Crippen LogP contribution in [0.3, 0.4) is 0 Å². The SMILES string of the molecule is CCC(C)c1ccc(Cl)cc1OC(C)C. The van der Waals surface area contributed by atoms with Crippen molar-refractivity contribution in [2.75, 3.05) is 0 Å². The van der Waals surface area contributed by atoms with Gasteiger partial charge >= 0.3 is 0 Å². The van der Waals surface area contributed by atoms with E-state index in [0.29, 0.717) is 5.92 Å². The smallest absolute Gasteiger partial charge is 0.124 e. The highest BCUT2D eigenvalue weighted by Gasteiger charge is 2.11. The molecule has 0 bridgehead atoms. The van der Waals surface area contributed by atoms with Crippen LogP contribution in [0.2, 0.25) is 5.02 Å². The van der Waals surface area contributed by atoms with Gasteiger partial charge in [0.2, 0.25) is 0 Å². The van der Waals surface area contributed by atoms with Gasteiger partial charge in [0.15, 0.2) is 0 Å². The van der Waals surface area contributed by atoms with E-state index in [1.54, 1.807) is 0 Å². The molecule has 15 heavy (non-hydrogen) atoms. The zero-order valence-electron chi connectivity index (χ0n) is 9.88. The van der Waals surface area contributed by atoms with Gasteiger partial charge in [-0.25, -0.2) is 0 Å². The fourth-order valence-electron chi connectivity index (χ4n) is 1.49. The van der Waals surface area contributed by atoms with Crippen molar-refractivity contribution in [3.8, 4) is 5.75 Å². The van der Waals surface area contributed by atoms with E-state index in [1.165, 1.54) is 5.56 Å². The Bertz CT molecular complexity index is 320. The van der Waals surface area contributed by atoms with Crippen molar-refractivity contribution in [3.63, 3.8) is 0 Å². The first-order valence-corrected chi connectivity index (χ1v) is 5.88. The molecule has 1 atom stereocenters. The van der Waals surface area contributed by atoms with Crippen LogP contribution in [0.15, 0.2) is 18.2 Å². The molecule has 0 aliphatic heterocycles. The summed E-state index contributed by atoms with van der Waals surface area (Å²) < 4.78 is 5.76. The van der Waals surface area contributed by atoms with Crippen molar-refractivity contribution < 1.29 is 4.74 Å². The van der Waals surface area contributed by atoms with Crippen LogP contribution in [0, 0.1) is 0 Å². The molecule has 1 unspecified atom stereocenters. The molecule has 0 spiro atoms. The van der Waals surface area contributed by atoms with Crippen molar-refractivity contribution in [3.05, 3.63) is 28.8 Å². The molecule has 0 aliphatic carbocycles. The third-order valence-corrected chi connectivity index (χ3v) is 2.72. The first kappa shape index (κ1) is 12.4. The third-order valence-electron chi connectivity index (χ3n) is 2.48. The van der Waals surface area contributed by atoms with E-state index < -0.39 is 0 Å². The molecule has 0 saturated heterocycles. The Morgan fingerprint density at radius 3 is 2.47 bits per heavy atom. The number of benzene rings is 1. The molecule has 0 amide bonds. The minimum atomic E-state index is 0.186.